The maximum absolute atomic E-state index is 13.2. The van der Waals surface area contributed by atoms with Crippen molar-refractivity contribution in [3.8, 4) is 5.75 Å². The molecular formula is C18H17FN4O. The number of methoxy groups -OCH3 is 1. The average molecular weight is 324 g/mol. The molecule has 6 heteroatoms. The highest BCUT2D eigenvalue weighted by atomic mass is 19.1. The molecule has 1 N–H and O–H groups in total. The van der Waals surface area contributed by atoms with E-state index in [-0.39, 0.29) is 17.9 Å². The van der Waals surface area contributed by atoms with Crippen molar-refractivity contribution in [3.05, 3.63) is 71.8 Å². The molecular weight excluding hydrogens is 307 g/mol. The summed E-state index contributed by atoms with van der Waals surface area (Å²) in [6.45, 7) is 0. The van der Waals surface area contributed by atoms with Gasteiger partial charge in [-0.3, -0.25) is 0 Å². The second-order valence-electron chi connectivity index (χ2n) is 5.80. The third kappa shape index (κ3) is 2.60. The van der Waals surface area contributed by atoms with E-state index in [1.54, 1.807) is 13.4 Å². The Hall–Kier alpha value is -2.89. The quantitative estimate of drug-likeness (QED) is 0.800. The zero-order valence-corrected chi connectivity index (χ0v) is 13.2. The molecule has 4 rings (SSSR count). The minimum Gasteiger partial charge on any atom is -0.497 e. The van der Waals surface area contributed by atoms with Crippen LogP contribution in [0.15, 0.2) is 54.9 Å². The molecule has 0 bridgehead atoms. The Bertz CT molecular complexity index is 846. The van der Waals surface area contributed by atoms with Crippen LogP contribution in [0.3, 0.4) is 0 Å². The van der Waals surface area contributed by atoms with Crippen molar-refractivity contribution in [1.82, 2.24) is 14.8 Å². The third-order valence-electron chi connectivity index (χ3n) is 4.38. The van der Waals surface area contributed by atoms with Gasteiger partial charge in [0.25, 0.3) is 0 Å². The van der Waals surface area contributed by atoms with Gasteiger partial charge in [0.05, 0.1) is 19.2 Å². The van der Waals surface area contributed by atoms with Gasteiger partial charge in [-0.1, -0.05) is 24.3 Å². The number of fused-ring (bicyclic) bond motifs is 1. The molecule has 0 fully saturated rings. The van der Waals surface area contributed by atoms with Gasteiger partial charge < -0.3 is 10.1 Å². The number of aromatic nitrogens is 3. The van der Waals surface area contributed by atoms with Gasteiger partial charge in [0.1, 0.15) is 17.9 Å². The predicted molar refractivity (Wildman–Crippen MR) is 88.5 cm³/mol. The Kier molecular flexibility index (Phi) is 3.65. The number of rotatable bonds is 3. The molecule has 1 aliphatic rings. The lowest BCUT2D eigenvalue weighted by Crippen LogP contribution is -2.28. The van der Waals surface area contributed by atoms with Crippen LogP contribution < -0.4 is 10.1 Å². The topological polar surface area (TPSA) is 52.0 Å². The molecule has 0 aliphatic carbocycles. The fraction of sp³-hybridized carbons (Fsp3) is 0.222. The van der Waals surface area contributed by atoms with E-state index in [0.29, 0.717) is 5.95 Å². The van der Waals surface area contributed by atoms with Crippen LogP contribution in [0.25, 0.3) is 0 Å². The molecule has 2 atom stereocenters. The van der Waals surface area contributed by atoms with E-state index in [0.717, 1.165) is 23.3 Å². The summed E-state index contributed by atoms with van der Waals surface area (Å²) in [6, 6.07) is 14.6. The number of benzene rings is 2. The van der Waals surface area contributed by atoms with Gasteiger partial charge >= 0.3 is 0 Å². The van der Waals surface area contributed by atoms with E-state index < -0.39 is 0 Å². The first kappa shape index (κ1) is 14.7. The first-order chi connectivity index (χ1) is 11.7. The van der Waals surface area contributed by atoms with E-state index in [1.807, 2.05) is 35.0 Å². The van der Waals surface area contributed by atoms with E-state index in [4.69, 9.17) is 4.74 Å². The minimum absolute atomic E-state index is 0.0360. The number of hydrogen-bond acceptors (Lipinski definition) is 4. The van der Waals surface area contributed by atoms with Crippen LogP contribution in [0.5, 0.6) is 5.75 Å². The SMILES string of the molecule is COc1cccc([C@@H]2C[C@@H](c3ccc(F)cc3)Nc3ncnn32)c1. The van der Waals surface area contributed by atoms with Crippen LogP contribution in [0.2, 0.25) is 0 Å². The molecule has 1 aromatic heterocycles. The molecule has 24 heavy (non-hydrogen) atoms. The lowest BCUT2D eigenvalue weighted by Gasteiger charge is -2.32. The van der Waals surface area contributed by atoms with E-state index in [1.165, 1.54) is 12.1 Å². The van der Waals surface area contributed by atoms with Crippen molar-refractivity contribution in [1.29, 1.82) is 0 Å². The van der Waals surface area contributed by atoms with Crippen molar-refractivity contribution < 1.29 is 9.13 Å². The molecule has 5 nitrogen and oxygen atoms in total. The van der Waals surface area contributed by atoms with Crippen LogP contribution >= 0.6 is 0 Å². The normalized spacial score (nSPS) is 19.4. The fourth-order valence-electron chi connectivity index (χ4n) is 3.16. The summed E-state index contributed by atoms with van der Waals surface area (Å²) < 4.78 is 20.4. The van der Waals surface area contributed by atoms with Crippen LogP contribution in [0.4, 0.5) is 10.3 Å². The monoisotopic (exact) mass is 324 g/mol. The number of hydrogen-bond donors (Lipinski definition) is 1. The van der Waals surface area contributed by atoms with Crippen molar-refractivity contribution in [3.63, 3.8) is 0 Å². The Morgan fingerprint density at radius 2 is 2.00 bits per heavy atom. The van der Waals surface area contributed by atoms with Crippen LogP contribution in [0.1, 0.15) is 29.6 Å². The zero-order chi connectivity index (χ0) is 16.5. The van der Waals surface area contributed by atoms with Crippen molar-refractivity contribution in [2.75, 3.05) is 12.4 Å². The summed E-state index contributed by atoms with van der Waals surface area (Å²) in [6.07, 6.45) is 2.33. The molecule has 122 valence electrons. The molecule has 2 aromatic carbocycles. The Balaban J connectivity index is 1.72. The predicted octanol–water partition coefficient (Wildman–Crippen LogP) is 3.57. The summed E-state index contributed by atoms with van der Waals surface area (Å²) >= 11 is 0. The summed E-state index contributed by atoms with van der Waals surface area (Å²) in [4.78, 5) is 4.30. The van der Waals surface area contributed by atoms with Crippen molar-refractivity contribution >= 4 is 5.95 Å². The Morgan fingerprint density at radius 3 is 2.79 bits per heavy atom. The first-order valence-electron chi connectivity index (χ1n) is 7.80. The van der Waals surface area contributed by atoms with Crippen LogP contribution in [-0.2, 0) is 0 Å². The number of nitrogens with zero attached hydrogens (tertiary/aromatic N) is 3. The molecule has 0 spiro atoms. The third-order valence-corrected chi connectivity index (χ3v) is 4.38. The molecule has 0 unspecified atom stereocenters. The van der Waals surface area contributed by atoms with Crippen molar-refractivity contribution in [2.24, 2.45) is 0 Å². The Labute approximate surface area is 139 Å². The van der Waals surface area contributed by atoms with Gasteiger partial charge in [-0.2, -0.15) is 10.1 Å². The van der Waals surface area contributed by atoms with Crippen molar-refractivity contribution in [2.45, 2.75) is 18.5 Å². The standard InChI is InChI=1S/C18H17FN4O/c1-24-15-4-2-3-13(9-15)17-10-16(12-5-7-14(19)8-6-12)22-18-20-11-21-23(17)18/h2-9,11,16-17H,10H2,1H3,(H,20,21,22)/t16-,17-/m0/s1. The number of anilines is 1. The Morgan fingerprint density at radius 1 is 1.17 bits per heavy atom. The maximum atomic E-state index is 13.2. The summed E-state index contributed by atoms with van der Waals surface area (Å²) in [7, 11) is 1.66. The number of ether oxygens (including phenoxy) is 1. The molecule has 0 saturated heterocycles. The lowest BCUT2D eigenvalue weighted by atomic mass is 9.93. The summed E-state index contributed by atoms with van der Waals surface area (Å²) in [5.41, 5.74) is 2.13. The van der Waals surface area contributed by atoms with Crippen LogP contribution in [0, 0.1) is 5.82 Å². The maximum Gasteiger partial charge on any atom is 0.222 e. The first-order valence-corrected chi connectivity index (χ1v) is 7.80. The highest BCUT2D eigenvalue weighted by molar-refractivity contribution is 5.39. The lowest BCUT2D eigenvalue weighted by molar-refractivity contribution is 0.406. The van der Waals surface area contributed by atoms with E-state index in [9.17, 15) is 4.39 Å². The van der Waals surface area contributed by atoms with Gasteiger partial charge in [0, 0.05) is 0 Å². The largest absolute Gasteiger partial charge is 0.497 e. The molecule has 2 heterocycles. The zero-order valence-electron chi connectivity index (χ0n) is 13.2. The molecule has 3 aromatic rings. The minimum atomic E-state index is -0.234. The van der Waals surface area contributed by atoms with E-state index in [2.05, 4.69) is 21.5 Å². The highest BCUT2D eigenvalue weighted by Gasteiger charge is 2.30. The second kappa shape index (κ2) is 5.96. The molecule has 0 saturated carbocycles. The van der Waals surface area contributed by atoms with E-state index >= 15 is 0 Å². The van der Waals surface area contributed by atoms with Gasteiger partial charge in [-0.05, 0) is 41.8 Å². The number of nitrogens with one attached hydrogen (secondary N) is 1. The molecule has 1 aliphatic heterocycles. The van der Waals surface area contributed by atoms with Gasteiger partial charge in [-0.15, -0.1) is 0 Å². The summed E-state index contributed by atoms with van der Waals surface area (Å²) in [5, 5.41) is 7.73. The van der Waals surface area contributed by atoms with Gasteiger partial charge in [-0.25, -0.2) is 9.07 Å². The highest BCUT2D eigenvalue weighted by Crippen LogP contribution is 2.37. The summed E-state index contributed by atoms with van der Waals surface area (Å²) in [5.74, 6) is 1.29. The van der Waals surface area contributed by atoms with Gasteiger partial charge in [0.15, 0.2) is 0 Å². The fourth-order valence-corrected chi connectivity index (χ4v) is 3.16. The smallest absolute Gasteiger partial charge is 0.222 e. The number of halogens is 1. The average Bonchev–Trinajstić information content (AvgIpc) is 3.10. The second-order valence-corrected chi connectivity index (χ2v) is 5.80. The molecule has 0 radical (unpaired) electrons. The molecule has 0 amide bonds. The van der Waals surface area contributed by atoms with Gasteiger partial charge in [0.2, 0.25) is 5.95 Å². The van der Waals surface area contributed by atoms with Crippen LogP contribution in [-0.4, -0.2) is 21.9 Å².